The van der Waals surface area contributed by atoms with Crippen LogP contribution in [0.5, 0.6) is 5.75 Å². The minimum atomic E-state index is -0.0959. The van der Waals surface area contributed by atoms with Gasteiger partial charge in [0.1, 0.15) is 5.75 Å². The minimum Gasteiger partial charge on any atom is -0.494 e. The number of esters is 1. The maximum atomic E-state index is 11.0. The van der Waals surface area contributed by atoms with Gasteiger partial charge in [-0.05, 0) is 36.8 Å². The number of benzene rings is 1. The van der Waals surface area contributed by atoms with Crippen molar-refractivity contribution >= 4 is 5.97 Å². The van der Waals surface area contributed by atoms with Crippen molar-refractivity contribution in [3.8, 4) is 5.75 Å². The Kier molecular flexibility index (Phi) is 4.02. The van der Waals surface area contributed by atoms with Crippen LogP contribution in [0.4, 0.5) is 0 Å². The van der Waals surface area contributed by atoms with Gasteiger partial charge in [0.25, 0.3) is 0 Å². The number of carbonyl (C=O) groups excluding carboxylic acids is 1. The molecule has 0 heterocycles. The molecule has 0 saturated heterocycles. The van der Waals surface area contributed by atoms with E-state index in [4.69, 9.17) is 4.74 Å². The van der Waals surface area contributed by atoms with Gasteiger partial charge in [0.05, 0.1) is 13.7 Å². The van der Waals surface area contributed by atoms with E-state index in [1.165, 1.54) is 7.11 Å². The molecule has 0 unspecified atom stereocenters. The Morgan fingerprint density at radius 1 is 1.29 bits per heavy atom. The van der Waals surface area contributed by atoms with Crippen LogP contribution < -0.4 is 4.74 Å². The summed E-state index contributed by atoms with van der Waals surface area (Å²) in [7, 11) is 1.44. The average molecular weight is 234 g/mol. The first-order chi connectivity index (χ1) is 8.29. The van der Waals surface area contributed by atoms with E-state index in [2.05, 4.69) is 4.74 Å². The van der Waals surface area contributed by atoms with E-state index in [9.17, 15) is 4.79 Å². The molecule has 1 aromatic rings. The molecule has 0 bridgehead atoms. The van der Waals surface area contributed by atoms with Crippen LogP contribution in [-0.2, 0) is 9.53 Å². The predicted molar refractivity (Wildman–Crippen MR) is 64.8 cm³/mol. The van der Waals surface area contributed by atoms with Crippen LogP contribution in [0.2, 0.25) is 0 Å². The second kappa shape index (κ2) is 5.71. The Bertz CT molecular complexity index is 361. The number of hydrogen-bond donors (Lipinski definition) is 0. The zero-order valence-electron chi connectivity index (χ0n) is 10.1. The molecule has 3 nitrogen and oxygen atoms in total. The molecular formula is C14H18O3. The highest BCUT2D eigenvalue weighted by Crippen LogP contribution is 2.43. The molecule has 17 heavy (non-hydrogen) atoms. The third-order valence-electron chi connectivity index (χ3n) is 3.23. The van der Waals surface area contributed by atoms with Gasteiger partial charge in [-0.2, -0.15) is 0 Å². The molecule has 0 N–H and O–H groups in total. The van der Waals surface area contributed by atoms with Gasteiger partial charge in [0, 0.05) is 6.42 Å². The van der Waals surface area contributed by atoms with E-state index >= 15 is 0 Å². The van der Waals surface area contributed by atoms with Gasteiger partial charge < -0.3 is 9.47 Å². The fourth-order valence-electron chi connectivity index (χ4n) is 2.06. The second-order valence-corrected chi connectivity index (χ2v) is 4.49. The highest BCUT2D eigenvalue weighted by molar-refractivity contribution is 5.69. The molecule has 0 spiro atoms. The molecule has 0 aliphatic heterocycles. The lowest BCUT2D eigenvalue weighted by atomic mass is 10.2. The summed E-state index contributed by atoms with van der Waals surface area (Å²) >= 11 is 0. The van der Waals surface area contributed by atoms with E-state index < -0.39 is 0 Å². The van der Waals surface area contributed by atoms with E-state index in [-0.39, 0.29) is 5.97 Å². The summed E-state index contributed by atoms with van der Waals surface area (Å²) in [6.45, 7) is 0.729. The Balaban J connectivity index is 1.60. The molecule has 0 radical (unpaired) electrons. The van der Waals surface area contributed by atoms with Gasteiger partial charge in [-0.3, -0.25) is 4.79 Å². The van der Waals surface area contributed by atoms with Crippen LogP contribution >= 0.6 is 0 Å². The van der Waals surface area contributed by atoms with Crippen molar-refractivity contribution < 1.29 is 14.3 Å². The first-order valence-corrected chi connectivity index (χ1v) is 6.04. The summed E-state index contributed by atoms with van der Waals surface area (Å²) in [6.07, 6.45) is 2.72. The van der Waals surface area contributed by atoms with Crippen molar-refractivity contribution in [3.05, 3.63) is 30.3 Å². The third kappa shape index (κ3) is 3.77. The van der Waals surface area contributed by atoms with Crippen LogP contribution in [0.3, 0.4) is 0 Å². The standard InChI is InChI=1S/C14H18O3/c1-16-14(15)10-12-9-11(12)7-8-17-13-5-3-2-4-6-13/h2-6,11-12H,7-10H2,1H3/t11-,12+/m0/s1. The Morgan fingerprint density at radius 2 is 2.06 bits per heavy atom. The number of para-hydroxylation sites is 1. The second-order valence-electron chi connectivity index (χ2n) is 4.49. The maximum Gasteiger partial charge on any atom is 0.305 e. The lowest BCUT2D eigenvalue weighted by Crippen LogP contribution is -2.03. The van der Waals surface area contributed by atoms with Crippen molar-refractivity contribution in [2.45, 2.75) is 19.3 Å². The van der Waals surface area contributed by atoms with E-state index in [1.54, 1.807) is 0 Å². The number of hydrogen-bond acceptors (Lipinski definition) is 3. The highest BCUT2D eigenvalue weighted by Gasteiger charge is 2.38. The van der Waals surface area contributed by atoms with Gasteiger partial charge in [0.2, 0.25) is 0 Å². The summed E-state index contributed by atoms with van der Waals surface area (Å²) in [5, 5.41) is 0. The van der Waals surface area contributed by atoms with E-state index in [0.717, 1.165) is 25.2 Å². The summed E-state index contributed by atoms with van der Waals surface area (Å²) in [6, 6.07) is 9.82. The van der Waals surface area contributed by atoms with Gasteiger partial charge in [-0.15, -0.1) is 0 Å². The van der Waals surface area contributed by atoms with Crippen molar-refractivity contribution in [2.24, 2.45) is 11.8 Å². The number of methoxy groups -OCH3 is 1. The highest BCUT2D eigenvalue weighted by atomic mass is 16.5. The first-order valence-electron chi connectivity index (χ1n) is 6.04. The van der Waals surface area contributed by atoms with Crippen LogP contribution in [-0.4, -0.2) is 19.7 Å². The quantitative estimate of drug-likeness (QED) is 0.710. The topological polar surface area (TPSA) is 35.5 Å². The van der Waals surface area contributed by atoms with Gasteiger partial charge in [0.15, 0.2) is 0 Å². The molecule has 2 rings (SSSR count). The number of carbonyl (C=O) groups is 1. The molecule has 92 valence electrons. The average Bonchev–Trinajstić information content (AvgIpc) is 3.08. The third-order valence-corrected chi connectivity index (χ3v) is 3.23. The minimum absolute atomic E-state index is 0.0959. The van der Waals surface area contributed by atoms with Crippen LogP contribution in [0.15, 0.2) is 30.3 Å². The maximum absolute atomic E-state index is 11.0. The lowest BCUT2D eigenvalue weighted by Gasteiger charge is -2.05. The summed E-state index contributed by atoms with van der Waals surface area (Å²) < 4.78 is 10.3. The molecule has 2 atom stereocenters. The molecule has 1 saturated carbocycles. The zero-order chi connectivity index (χ0) is 12.1. The summed E-state index contributed by atoms with van der Waals surface area (Å²) in [4.78, 5) is 11.0. The SMILES string of the molecule is COC(=O)C[C@H]1C[C@@H]1CCOc1ccccc1. The van der Waals surface area contributed by atoms with Gasteiger partial charge in [-0.25, -0.2) is 0 Å². The largest absolute Gasteiger partial charge is 0.494 e. The Labute approximate surface area is 102 Å². The van der Waals surface area contributed by atoms with Crippen molar-refractivity contribution in [2.75, 3.05) is 13.7 Å². The van der Waals surface area contributed by atoms with E-state index in [0.29, 0.717) is 18.3 Å². The molecule has 3 heteroatoms. The summed E-state index contributed by atoms with van der Waals surface area (Å²) in [5.74, 6) is 1.97. The zero-order valence-corrected chi connectivity index (χ0v) is 10.1. The van der Waals surface area contributed by atoms with E-state index in [1.807, 2.05) is 30.3 Å². The predicted octanol–water partition coefficient (Wildman–Crippen LogP) is 2.65. The van der Waals surface area contributed by atoms with Gasteiger partial charge in [-0.1, -0.05) is 18.2 Å². The number of ether oxygens (including phenoxy) is 2. The molecule has 0 aromatic heterocycles. The smallest absolute Gasteiger partial charge is 0.305 e. The number of rotatable bonds is 6. The molecule has 1 aromatic carbocycles. The fraction of sp³-hybridized carbons (Fsp3) is 0.500. The molecule has 1 aliphatic rings. The van der Waals surface area contributed by atoms with Crippen LogP contribution in [0.25, 0.3) is 0 Å². The lowest BCUT2D eigenvalue weighted by molar-refractivity contribution is -0.141. The normalized spacial score (nSPS) is 21.9. The van der Waals surface area contributed by atoms with Gasteiger partial charge >= 0.3 is 5.97 Å². The molecule has 1 fully saturated rings. The Hall–Kier alpha value is -1.51. The fourth-order valence-corrected chi connectivity index (χ4v) is 2.06. The molecule has 1 aliphatic carbocycles. The first kappa shape index (κ1) is 12.0. The monoisotopic (exact) mass is 234 g/mol. The van der Waals surface area contributed by atoms with Crippen molar-refractivity contribution in [1.82, 2.24) is 0 Å². The van der Waals surface area contributed by atoms with Crippen LogP contribution in [0, 0.1) is 11.8 Å². The summed E-state index contributed by atoms with van der Waals surface area (Å²) in [5.41, 5.74) is 0. The molecule has 0 amide bonds. The Morgan fingerprint density at radius 3 is 2.76 bits per heavy atom. The molecular weight excluding hydrogens is 216 g/mol. The van der Waals surface area contributed by atoms with Crippen LogP contribution in [0.1, 0.15) is 19.3 Å². The van der Waals surface area contributed by atoms with Crippen molar-refractivity contribution in [1.29, 1.82) is 0 Å². The van der Waals surface area contributed by atoms with Crippen molar-refractivity contribution in [3.63, 3.8) is 0 Å².